The Morgan fingerprint density at radius 2 is 1.90 bits per heavy atom. The molecule has 1 saturated heterocycles. The van der Waals surface area contributed by atoms with Crippen LogP contribution in [0.2, 0.25) is 0 Å². The summed E-state index contributed by atoms with van der Waals surface area (Å²) in [5.74, 6) is 1.35. The molecule has 3 heteroatoms. The number of amides is 1. The van der Waals surface area contributed by atoms with Gasteiger partial charge in [0, 0.05) is 18.5 Å². The lowest BCUT2D eigenvalue weighted by Crippen LogP contribution is -2.47. The van der Waals surface area contributed by atoms with Crippen LogP contribution in [-0.2, 0) is 4.79 Å². The van der Waals surface area contributed by atoms with E-state index < -0.39 is 0 Å². The van der Waals surface area contributed by atoms with E-state index in [1.165, 1.54) is 25.7 Å². The van der Waals surface area contributed by atoms with Crippen LogP contribution in [0.15, 0.2) is 0 Å². The van der Waals surface area contributed by atoms with E-state index in [1.54, 1.807) is 0 Å². The monoisotopic (exact) mass is 280 g/mol. The number of rotatable bonds is 4. The van der Waals surface area contributed by atoms with Gasteiger partial charge in [-0.3, -0.25) is 4.79 Å². The molecule has 20 heavy (non-hydrogen) atoms. The van der Waals surface area contributed by atoms with Gasteiger partial charge in [-0.1, -0.05) is 20.3 Å². The molecule has 2 fully saturated rings. The Morgan fingerprint density at radius 3 is 2.40 bits per heavy atom. The zero-order valence-corrected chi connectivity index (χ0v) is 13.7. The number of hydrogen-bond donors (Lipinski definition) is 1. The van der Waals surface area contributed by atoms with Crippen LogP contribution in [-0.4, -0.2) is 36.5 Å². The number of carbonyl (C=O) groups excluding carboxylic acids is 1. The lowest BCUT2D eigenvalue weighted by molar-refractivity contribution is -0.141. The van der Waals surface area contributed by atoms with Crippen molar-refractivity contribution in [1.82, 2.24) is 10.2 Å². The van der Waals surface area contributed by atoms with Crippen LogP contribution in [0.5, 0.6) is 0 Å². The van der Waals surface area contributed by atoms with E-state index in [9.17, 15) is 4.79 Å². The average molecular weight is 280 g/mol. The summed E-state index contributed by atoms with van der Waals surface area (Å²) < 4.78 is 0. The van der Waals surface area contributed by atoms with Crippen LogP contribution >= 0.6 is 0 Å². The van der Waals surface area contributed by atoms with E-state index >= 15 is 0 Å². The first kappa shape index (κ1) is 15.8. The Morgan fingerprint density at radius 1 is 1.25 bits per heavy atom. The van der Waals surface area contributed by atoms with E-state index in [2.05, 4.69) is 37.9 Å². The number of piperidine rings is 1. The number of nitrogens with one attached hydrogen (secondary N) is 1. The van der Waals surface area contributed by atoms with Crippen molar-refractivity contribution in [2.75, 3.05) is 19.6 Å². The van der Waals surface area contributed by atoms with Gasteiger partial charge in [-0.05, 0) is 64.0 Å². The maximum Gasteiger partial charge on any atom is 0.226 e. The van der Waals surface area contributed by atoms with Crippen LogP contribution in [0.1, 0.15) is 59.8 Å². The highest BCUT2D eigenvalue weighted by molar-refractivity contribution is 5.80. The molecule has 2 rings (SSSR count). The van der Waals surface area contributed by atoms with Gasteiger partial charge in [0.15, 0.2) is 0 Å². The Bertz CT molecular complexity index is 332. The van der Waals surface area contributed by atoms with E-state index in [1.807, 2.05) is 0 Å². The van der Waals surface area contributed by atoms with Crippen LogP contribution in [0.3, 0.4) is 0 Å². The minimum Gasteiger partial charge on any atom is -0.340 e. The highest BCUT2D eigenvalue weighted by Crippen LogP contribution is 2.43. The van der Waals surface area contributed by atoms with E-state index in [4.69, 9.17) is 0 Å². The van der Waals surface area contributed by atoms with Gasteiger partial charge in [0.25, 0.3) is 0 Å². The van der Waals surface area contributed by atoms with Gasteiger partial charge in [0.2, 0.25) is 5.91 Å². The molecule has 0 aromatic heterocycles. The summed E-state index contributed by atoms with van der Waals surface area (Å²) >= 11 is 0. The summed E-state index contributed by atoms with van der Waals surface area (Å²) in [5, 5.41) is 3.41. The van der Waals surface area contributed by atoms with Gasteiger partial charge >= 0.3 is 0 Å². The van der Waals surface area contributed by atoms with E-state index in [-0.39, 0.29) is 11.3 Å². The molecule has 0 aromatic carbocycles. The third-order valence-electron chi connectivity index (χ3n) is 5.38. The van der Waals surface area contributed by atoms with E-state index in [0.717, 1.165) is 26.1 Å². The highest BCUT2D eigenvalue weighted by atomic mass is 16.2. The Balaban J connectivity index is 2.02. The lowest BCUT2D eigenvalue weighted by atomic mass is 9.80. The Hall–Kier alpha value is -0.570. The summed E-state index contributed by atoms with van der Waals surface area (Å²) in [6, 6.07) is 0.328. The van der Waals surface area contributed by atoms with Crippen molar-refractivity contribution in [3.8, 4) is 0 Å². The summed E-state index contributed by atoms with van der Waals surface area (Å²) in [6.07, 6.45) is 5.92. The Kier molecular flexibility index (Phi) is 5.11. The lowest BCUT2D eigenvalue weighted by Gasteiger charge is -2.37. The average Bonchev–Trinajstić information content (AvgIpc) is 2.76. The second-order valence-electron chi connectivity index (χ2n) is 7.71. The predicted octanol–water partition coefficient (Wildman–Crippen LogP) is 3.05. The van der Waals surface area contributed by atoms with Gasteiger partial charge in [-0.25, -0.2) is 0 Å². The van der Waals surface area contributed by atoms with Crippen LogP contribution in [0.4, 0.5) is 0 Å². The maximum absolute atomic E-state index is 13.0. The fourth-order valence-corrected chi connectivity index (χ4v) is 3.88. The molecular weight excluding hydrogens is 248 g/mol. The standard InChI is InChI=1S/C17H32N2O/c1-13(2)19(12-14-7-10-18-11-8-14)16(20)15-6-5-9-17(15,3)4/h13-15,18H,5-12H2,1-4H3. The normalized spacial score (nSPS) is 26.9. The minimum absolute atomic E-state index is 0.193. The number of nitrogens with zero attached hydrogens (tertiary/aromatic N) is 1. The topological polar surface area (TPSA) is 32.3 Å². The zero-order chi connectivity index (χ0) is 14.8. The van der Waals surface area contributed by atoms with Crippen molar-refractivity contribution >= 4 is 5.91 Å². The first-order chi connectivity index (χ1) is 9.42. The van der Waals surface area contributed by atoms with Crippen molar-refractivity contribution < 1.29 is 4.79 Å². The molecular formula is C17H32N2O. The second kappa shape index (κ2) is 6.46. The van der Waals surface area contributed by atoms with E-state index in [0.29, 0.717) is 17.9 Å². The van der Waals surface area contributed by atoms with Gasteiger partial charge in [0.1, 0.15) is 0 Å². The van der Waals surface area contributed by atoms with Gasteiger partial charge in [-0.2, -0.15) is 0 Å². The van der Waals surface area contributed by atoms with Crippen LogP contribution in [0, 0.1) is 17.3 Å². The third-order valence-corrected chi connectivity index (χ3v) is 5.38. The maximum atomic E-state index is 13.0. The predicted molar refractivity (Wildman–Crippen MR) is 83.6 cm³/mol. The van der Waals surface area contributed by atoms with Gasteiger partial charge < -0.3 is 10.2 Å². The fraction of sp³-hybridized carbons (Fsp3) is 0.941. The summed E-state index contributed by atoms with van der Waals surface area (Å²) in [4.78, 5) is 15.2. The van der Waals surface area contributed by atoms with Crippen molar-refractivity contribution in [2.24, 2.45) is 17.3 Å². The molecule has 3 nitrogen and oxygen atoms in total. The molecule has 1 aliphatic carbocycles. The molecule has 0 spiro atoms. The highest BCUT2D eigenvalue weighted by Gasteiger charge is 2.41. The molecule has 1 unspecified atom stereocenters. The van der Waals surface area contributed by atoms with Crippen molar-refractivity contribution in [2.45, 2.75) is 65.8 Å². The van der Waals surface area contributed by atoms with Gasteiger partial charge in [0.05, 0.1) is 0 Å². The van der Waals surface area contributed by atoms with Gasteiger partial charge in [-0.15, -0.1) is 0 Å². The summed E-state index contributed by atoms with van der Waals surface area (Å²) in [5.41, 5.74) is 0.193. The largest absolute Gasteiger partial charge is 0.340 e. The van der Waals surface area contributed by atoms with Crippen molar-refractivity contribution in [3.63, 3.8) is 0 Å². The SMILES string of the molecule is CC(C)N(CC1CCNCC1)C(=O)C1CCCC1(C)C. The molecule has 2 aliphatic rings. The molecule has 0 radical (unpaired) electrons. The quantitative estimate of drug-likeness (QED) is 0.858. The Labute approximate surface area is 124 Å². The number of carbonyl (C=O) groups is 1. The first-order valence-corrected chi connectivity index (χ1v) is 8.43. The molecule has 1 aliphatic heterocycles. The van der Waals surface area contributed by atoms with Crippen molar-refractivity contribution in [3.05, 3.63) is 0 Å². The molecule has 1 atom stereocenters. The third kappa shape index (κ3) is 3.55. The minimum atomic E-state index is 0.193. The molecule has 1 N–H and O–H groups in total. The second-order valence-corrected chi connectivity index (χ2v) is 7.71. The molecule has 1 amide bonds. The molecule has 1 heterocycles. The molecule has 116 valence electrons. The molecule has 1 saturated carbocycles. The summed E-state index contributed by atoms with van der Waals surface area (Å²) in [6.45, 7) is 12.1. The van der Waals surface area contributed by atoms with Crippen LogP contribution in [0.25, 0.3) is 0 Å². The number of hydrogen-bond acceptors (Lipinski definition) is 2. The fourth-order valence-electron chi connectivity index (χ4n) is 3.88. The van der Waals surface area contributed by atoms with Crippen LogP contribution < -0.4 is 5.32 Å². The zero-order valence-electron chi connectivity index (χ0n) is 13.7. The summed E-state index contributed by atoms with van der Waals surface area (Å²) in [7, 11) is 0. The molecule has 0 aromatic rings. The first-order valence-electron chi connectivity index (χ1n) is 8.43. The smallest absolute Gasteiger partial charge is 0.226 e. The van der Waals surface area contributed by atoms with Crippen molar-refractivity contribution in [1.29, 1.82) is 0 Å². The molecule has 0 bridgehead atoms.